The number of nitrogens with zero attached hydrogens (tertiary/aromatic N) is 3. The van der Waals surface area contributed by atoms with Gasteiger partial charge < -0.3 is 0 Å². The highest BCUT2D eigenvalue weighted by Gasteiger charge is 2.38. The zero-order chi connectivity index (χ0) is 35.1. The number of unbranched alkanes of at least 4 members (excludes halogenated alkanes) is 1. The molecule has 0 fully saturated rings. The Labute approximate surface area is 303 Å². The highest BCUT2D eigenvalue weighted by Crippen LogP contribution is 2.46. The van der Waals surface area contributed by atoms with Crippen LogP contribution in [-0.4, -0.2) is 15.0 Å². The molecule has 0 radical (unpaired) electrons. The number of benzene rings is 3. The predicted molar refractivity (Wildman–Crippen MR) is 208 cm³/mol. The first kappa shape index (κ1) is 34.6. The van der Waals surface area contributed by atoms with Crippen molar-refractivity contribution >= 4 is 0 Å². The van der Waals surface area contributed by atoms with E-state index in [4.69, 9.17) is 0 Å². The number of hydrogen-bond acceptors (Lipinski definition) is 3. The third-order valence-corrected chi connectivity index (χ3v) is 9.37. The fourth-order valence-corrected chi connectivity index (χ4v) is 6.48. The molecule has 0 N–H and O–H groups in total. The molecule has 0 bridgehead atoms. The van der Waals surface area contributed by atoms with Crippen LogP contribution in [0.4, 0.5) is 0 Å². The second kappa shape index (κ2) is 17.4. The number of rotatable bonds is 9. The second-order valence-electron chi connectivity index (χ2n) is 12.7. The monoisotopic (exact) mass is 659 g/mol. The van der Waals surface area contributed by atoms with E-state index in [0.717, 1.165) is 46.2 Å². The first-order chi connectivity index (χ1) is 25.2. The molecule has 0 amide bonds. The Balaban J connectivity index is 1.46. The Morgan fingerprint density at radius 3 is 1.00 bits per heavy atom. The van der Waals surface area contributed by atoms with Crippen LogP contribution in [0, 0.1) is 41.4 Å². The van der Waals surface area contributed by atoms with E-state index in [9.17, 15) is 0 Å². The van der Waals surface area contributed by atoms with E-state index in [1.165, 1.54) is 36.0 Å². The van der Waals surface area contributed by atoms with Gasteiger partial charge in [0, 0.05) is 76.0 Å². The van der Waals surface area contributed by atoms with Crippen molar-refractivity contribution < 1.29 is 0 Å². The van der Waals surface area contributed by atoms with Crippen molar-refractivity contribution in [2.24, 2.45) is 5.92 Å². The van der Waals surface area contributed by atoms with Crippen molar-refractivity contribution in [3.05, 3.63) is 196 Å². The SMILES string of the molecule is CCCCC(CC)CC(c1ccc(C#Cc2ccncc2)cc1)(c1ccc(C#Cc2ccncc2)cc1)c1ccc(C#Cc2ccncc2)cc1. The zero-order valence-electron chi connectivity index (χ0n) is 29.3. The molecule has 6 aromatic rings. The molecule has 0 saturated heterocycles. The van der Waals surface area contributed by atoms with Crippen LogP contribution >= 0.6 is 0 Å². The molecule has 3 aromatic carbocycles. The van der Waals surface area contributed by atoms with Crippen molar-refractivity contribution in [1.82, 2.24) is 15.0 Å². The van der Waals surface area contributed by atoms with Crippen LogP contribution in [0.25, 0.3) is 0 Å². The fraction of sp³-hybridized carbons (Fsp3) is 0.188. The van der Waals surface area contributed by atoms with Crippen LogP contribution in [0.15, 0.2) is 146 Å². The van der Waals surface area contributed by atoms with Gasteiger partial charge in [-0.1, -0.05) is 111 Å². The Kier molecular flexibility index (Phi) is 11.9. The molecule has 1 atom stereocenters. The van der Waals surface area contributed by atoms with E-state index in [-0.39, 0.29) is 0 Å². The summed E-state index contributed by atoms with van der Waals surface area (Å²) in [5.41, 5.74) is 9.12. The van der Waals surface area contributed by atoms with Gasteiger partial charge in [-0.25, -0.2) is 0 Å². The molecule has 0 aliphatic carbocycles. The maximum absolute atomic E-state index is 4.12. The van der Waals surface area contributed by atoms with Gasteiger partial charge >= 0.3 is 0 Å². The fourth-order valence-electron chi connectivity index (χ4n) is 6.48. The Morgan fingerprint density at radius 1 is 0.431 bits per heavy atom. The molecule has 3 aromatic heterocycles. The average Bonchev–Trinajstić information content (AvgIpc) is 3.21. The van der Waals surface area contributed by atoms with Crippen molar-refractivity contribution in [3.8, 4) is 35.5 Å². The van der Waals surface area contributed by atoms with Gasteiger partial charge in [-0.05, 0) is 102 Å². The molecule has 0 aliphatic heterocycles. The van der Waals surface area contributed by atoms with Crippen molar-refractivity contribution in [2.75, 3.05) is 0 Å². The van der Waals surface area contributed by atoms with Crippen molar-refractivity contribution in [3.63, 3.8) is 0 Å². The Morgan fingerprint density at radius 2 is 0.725 bits per heavy atom. The molecule has 3 nitrogen and oxygen atoms in total. The van der Waals surface area contributed by atoms with E-state index in [1.807, 2.05) is 36.4 Å². The van der Waals surface area contributed by atoms with Gasteiger partial charge in [0.25, 0.3) is 0 Å². The normalized spacial score (nSPS) is 11.2. The lowest BCUT2D eigenvalue weighted by atomic mass is 9.64. The topological polar surface area (TPSA) is 38.7 Å². The molecular formula is C48H41N3. The van der Waals surface area contributed by atoms with Crippen LogP contribution in [0.2, 0.25) is 0 Å². The van der Waals surface area contributed by atoms with Gasteiger partial charge in [0.2, 0.25) is 0 Å². The lowest BCUT2D eigenvalue weighted by molar-refractivity contribution is 0.359. The first-order valence-corrected chi connectivity index (χ1v) is 17.7. The van der Waals surface area contributed by atoms with E-state index < -0.39 is 5.41 Å². The molecule has 6 rings (SSSR count). The molecule has 0 aliphatic rings. The summed E-state index contributed by atoms with van der Waals surface area (Å²) < 4.78 is 0. The highest BCUT2D eigenvalue weighted by atomic mass is 14.6. The number of pyridine rings is 3. The van der Waals surface area contributed by atoms with E-state index >= 15 is 0 Å². The minimum Gasteiger partial charge on any atom is -0.265 e. The molecule has 0 saturated carbocycles. The molecule has 248 valence electrons. The van der Waals surface area contributed by atoms with Gasteiger partial charge in [0.05, 0.1) is 0 Å². The summed E-state index contributed by atoms with van der Waals surface area (Å²) in [6, 6.07) is 38.2. The third-order valence-electron chi connectivity index (χ3n) is 9.37. The molecule has 51 heavy (non-hydrogen) atoms. The molecule has 1 unspecified atom stereocenters. The summed E-state index contributed by atoms with van der Waals surface area (Å²) in [5, 5.41) is 0. The van der Waals surface area contributed by atoms with E-state index in [0.29, 0.717) is 5.92 Å². The lowest BCUT2D eigenvalue weighted by Gasteiger charge is -2.39. The molecule has 3 heterocycles. The van der Waals surface area contributed by atoms with Gasteiger partial charge in [-0.15, -0.1) is 0 Å². The zero-order valence-corrected chi connectivity index (χ0v) is 29.3. The minimum atomic E-state index is -0.403. The van der Waals surface area contributed by atoms with Crippen LogP contribution < -0.4 is 0 Å². The largest absolute Gasteiger partial charge is 0.265 e. The maximum atomic E-state index is 4.12. The first-order valence-electron chi connectivity index (χ1n) is 17.7. The summed E-state index contributed by atoms with van der Waals surface area (Å²) in [6.07, 6.45) is 16.3. The van der Waals surface area contributed by atoms with Crippen molar-refractivity contribution in [2.45, 2.75) is 51.4 Å². The van der Waals surface area contributed by atoms with Crippen molar-refractivity contribution in [1.29, 1.82) is 0 Å². The van der Waals surface area contributed by atoms with Gasteiger partial charge in [-0.3, -0.25) is 15.0 Å². The van der Waals surface area contributed by atoms with E-state index in [1.54, 1.807) is 37.2 Å². The standard InChI is InChI=1S/C48H41N3/c1-3-5-6-38(4-2)37-48(45-19-13-39(14-20-45)7-10-42-25-31-49-32-26-42,46-21-15-40(16-22-46)8-11-43-27-33-50-34-28-43)47-23-17-41(18-24-47)9-12-44-29-35-51-36-30-44/h13-36,38H,3-6,37H2,1-2H3. The third kappa shape index (κ3) is 9.08. The molecule has 0 spiro atoms. The smallest absolute Gasteiger partial charge is 0.0454 e. The lowest BCUT2D eigenvalue weighted by Crippen LogP contribution is -2.32. The summed E-state index contributed by atoms with van der Waals surface area (Å²) in [6.45, 7) is 4.61. The summed E-state index contributed by atoms with van der Waals surface area (Å²) in [5.74, 6) is 20.4. The summed E-state index contributed by atoms with van der Waals surface area (Å²) in [7, 11) is 0. The number of aromatic nitrogens is 3. The highest BCUT2D eigenvalue weighted by molar-refractivity contribution is 5.55. The molecular weight excluding hydrogens is 619 g/mol. The van der Waals surface area contributed by atoms with Gasteiger partial charge in [-0.2, -0.15) is 0 Å². The van der Waals surface area contributed by atoms with Crippen LogP contribution in [0.3, 0.4) is 0 Å². The Bertz CT molecular complexity index is 1930. The quantitative estimate of drug-likeness (QED) is 0.115. The predicted octanol–water partition coefficient (Wildman–Crippen LogP) is 10.0. The maximum Gasteiger partial charge on any atom is 0.0454 e. The average molecular weight is 660 g/mol. The van der Waals surface area contributed by atoms with Gasteiger partial charge in [0.15, 0.2) is 0 Å². The van der Waals surface area contributed by atoms with Gasteiger partial charge in [0.1, 0.15) is 0 Å². The second-order valence-corrected chi connectivity index (χ2v) is 12.7. The number of hydrogen-bond donors (Lipinski definition) is 0. The van der Waals surface area contributed by atoms with Crippen LogP contribution in [0.1, 0.15) is 96.0 Å². The molecule has 3 heteroatoms. The van der Waals surface area contributed by atoms with Crippen LogP contribution in [0.5, 0.6) is 0 Å². The summed E-state index contributed by atoms with van der Waals surface area (Å²) in [4.78, 5) is 12.4. The van der Waals surface area contributed by atoms with Crippen LogP contribution in [-0.2, 0) is 5.41 Å². The summed E-state index contributed by atoms with van der Waals surface area (Å²) >= 11 is 0. The minimum absolute atomic E-state index is 0.403. The van der Waals surface area contributed by atoms with E-state index in [2.05, 4.69) is 137 Å². The Hall–Kier alpha value is -6.21.